The first kappa shape index (κ1) is 17.9. The number of carbonyl (C=O) groups excluding carboxylic acids is 3. The summed E-state index contributed by atoms with van der Waals surface area (Å²) in [6, 6.07) is 8.16. The molecule has 0 aromatic heterocycles. The summed E-state index contributed by atoms with van der Waals surface area (Å²) in [4.78, 5) is 34.1. The van der Waals surface area contributed by atoms with Gasteiger partial charge < -0.3 is 10.1 Å². The van der Waals surface area contributed by atoms with Crippen LogP contribution in [0.4, 0.5) is 4.79 Å². The quantitative estimate of drug-likeness (QED) is 0.577. The predicted molar refractivity (Wildman–Crippen MR) is 82.2 cm³/mol. The molecule has 1 aromatic carbocycles. The van der Waals surface area contributed by atoms with Gasteiger partial charge in [0.25, 0.3) is 5.91 Å². The first-order valence-corrected chi connectivity index (χ1v) is 6.88. The number of hydrogen-bond donors (Lipinski definition) is 2. The fraction of sp³-hybridized carbons (Fsp3) is 0.250. The molecule has 120 valence electrons. The molecule has 0 saturated heterocycles. The number of nitrogens with zero attached hydrogens (tertiary/aromatic N) is 1. The summed E-state index contributed by atoms with van der Waals surface area (Å²) in [6.07, 6.45) is 2.00. The van der Waals surface area contributed by atoms with Crippen molar-refractivity contribution in [2.75, 3.05) is 13.2 Å². The molecule has 1 rings (SSSR count). The summed E-state index contributed by atoms with van der Waals surface area (Å²) in [6.45, 7) is 3.12. The number of carbonyl (C=O) groups is 3. The second-order valence-electron chi connectivity index (χ2n) is 4.52. The summed E-state index contributed by atoms with van der Waals surface area (Å²) in [5.74, 6) is -1.26. The van der Waals surface area contributed by atoms with Crippen LogP contribution < -0.4 is 10.6 Å². The molecule has 0 aliphatic rings. The van der Waals surface area contributed by atoms with E-state index in [1.165, 1.54) is 6.08 Å². The second-order valence-corrected chi connectivity index (χ2v) is 4.52. The van der Waals surface area contributed by atoms with Crippen molar-refractivity contribution in [2.24, 2.45) is 0 Å². The van der Waals surface area contributed by atoms with Gasteiger partial charge in [0.05, 0.1) is 11.6 Å². The molecule has 3 amide bonds. The van der Waals surface area contributed by atoms with Crippen molar-refractivity contribution in [2.45, 2.75) is 12.8 Å². The van der Waals surface area contributed by atoms with Gasteiger partial charge in [-0.1, -0.05) is 18.2 Å². The van der Waals surface area contributed by atoms with Crippen LogP contribution in [-0.4, -0.2) is 31.1 Å². The molecule has 7 nitrogen and oxygen atoms in total. The zero-order chi connectivity index (χ0) is 17.1. The average Bonchev–Trinajstić information content (AvgIpc) is 2.56. The number of urea groups is 1. The maximum atomic E-state index is 11.5. The van der Waals surface area contributed by atoms with Gasteiger partial charge in [0.1, 0.15) is 0 Å². The van der Waals surface area contributed by atoms with Crippen LogP contribution in [0, 0.1) is 11.3 Å². The third kappa shape index (κ3) is 7.43. The number of aryl methyl sites for hydroxylation is 1. The van der Waals surface area contributed by atoms with Crippen LogP contribution in [0.2, 0.25) is 0 Å². The monoisotopic (exact) mass is 315 g/mol. The Morgan fingerprint density at radius 2 is 1.96 bits per heavy atom. The first-order chi connectivity index (χ1) is 11.0. The fourth-order valence-corrected chi connectivity index (χ4v) is 1.58. The molecular formula is C16H17N3O4. The number of esters is 1. The van der Waals surface area contributed by atoms with E-state index in [-0.39, 0.29) is 13.0 Å². The normalized spacial score (nSPS) is 9.35. The summed E-state index contributed by atoms with van der Waals surface area (Å²) >= 11 is 0. The molecular weight excluding hydrogens is 298 g/mol. The Bertz CT molecular complexity index is 617. The number of benzene rings is 1. The molecule has 0 heterocycles. The van der Waals surface area contributed by atoms with E-state index < -0.39 is 24.5 Å². The number of ether oxygens (including phenoxy) is 1. The highest BCUT2D eigenvalue weighted by atomic mass is 16.5. The van der Waals surface area contributed by atoms with Gasteiger partial charge in [0.2, 0.25) is 0 Å². The second kappa shape index (κ2) is 9.73. The predicted octanol–water partition coefficient (Wildman–Crippen LogP) is 1.05. The maximum absolute atomic E-state index is 11.5. The van der Waals surface area contributed by atoms with Gasteiger partial charge >= 0.3 is 12.0 Å². The minimum atomic E-state index is -0.710. The van der Waals surface area contributed by atoms with Gasteiger partial charge in [-0.05, 0) is 24.1 Å². The van der Waals surface area contributed by atoms with E-state index in [0.29, 0.717) is 12.0 Å². The lowest BCUT2D eigenvalue weighted by molar-refractivity contribution is -0.148. The third-order valence-corrected chi connectivity index (χ3v) is 2.72. The SMILES string of the molecule is C=CCNC(=O)NC(=O)COC(=O)CCc1ccc(C#N)cc1. The van der Waals surface area contributed by atoms with Crippen molar-refractivity contribution in [1.29, 1.82) is 5.26 Å². The molecule has 0 atom stereocenters. The number of nitrogens with one attached hydrogen (secondary N) is 2. The number of amides is 3. The molecule has 0 saturated carbocycles. The Morgan fingerprint density at radius 1 is 1.26 bits per heavy atom. The highest BCUT2D eigenvalue weighted by molar-refractivity contribution is 5.95. The van der Waals surface area contributed by atoms with E-state index in [1.54, 1.807) is 24.3 Å². The van der Waals surface area contributed by atoms with Crippen LogP contribution in [0.1, 0.15) is 17.5 Å². The zero-order valence-corrected chi connectivity index (χ0v) is 12.5. The Balaban J connectivity index is 2.25. The van der Waals surface area contributed by atoms with Crippen molar-refractivity contribution in [3.63, 3.8) is 0 Å². The summed E-state index contributed by atoms with van der Waals surface area (Å²) in [5, 5.41) is 13.0. The standard InChI is InChI=1S/C16H17N3O4/c1-2-9-18-16(22)19-14(20)11-23-15(21)8-7-12-3-5-13(10-17)6-4-12/h2-6H,1,7-9,11H2,(H2,18,19,20,22). The Morgan fingerprint density at radius 3 is 2.57 bits per heavy atom. The third-order valence-electron chi connectivity index (χ3n) is 2.72. The molecule has 0 spiro atoms. The van der Waals surface area contributed by atoms with Crippen molar-refractivity contribution >= 4 is 17.9 Å². The topological polar surface area (TPSA) is 108 Å². The average molecular weight is 315 g/mol. The lowest BCUT2D eigenvalue weighted by Gasteiger charge is -2.06. The number of imide groups is 1. The van der Waals surface area contributed by atoms with Crippen LogP contribution >= 0.6 is 0 Å². The van der Waals surface area contributed by atoms with Crippen LogP contribution in [-0.2, 0) is 20.7 Å². The van der Waals surface area contributed by atoms with Crippen molar-refractivity contribution < 1.29 is 19.1 Å². The number of hydrogen-bond acceptors (Lipinski definition) is 5. The highest BCUT2D eigenvalue weighted by Crippen LogP contribution is 2.06. The molecule has 0 unspecified atom stereocenters. The van der Waals surface area contributed by atoms with Crippen LogP contribution in [0.25, 0.3) is 0 Å². The molecule has 0 aliphatic carbocycles. The summed E-state index contributed by atoms with van der Waals surface area (Å²) in [5.41, 5.74) is 1.43. The van der Waals surface area contributed by atoms with Crippen LogP contribution in [0.15, 0.2) is 36.9 Å². The van der Waals surface area contributed by atoms with E-state index in [2.05, 4.69) is 11.9 Å². The smallest absolute Gasteiger partial charge is 0.321 e. The molecule has 7 heteroatoms. The van der Waals surface area contributed by atoms with Crippen molar-refractivity contribution in [1.82, 2.24) is 10.6 Å². The van der Waals surface area contributed by atoms with E-state index in [0.717, 1.165) is 5.56 Å². The Kier molecular flexibility index (Phi) is 7.58. The molecule has 0 radical (unpaired) electrons. The number of rotatable bonds is 7. The molecule has 23 heavy (non-hydrogen) atoms. The van der Waals surface area contributed by atoms with Gasteiger partial charge in [-0.25, -0.2) is 4.79 Å². The summed E-state index contributed by atoms with van der Waals surface area (Å²) < 4.78 is 4.77. The van der Waals surface area contributed by atoms with Gasteiger partial charge in [-0.3, -0.25) is 14.9 Å². The van der Waals surface area contributed by atoms with E-state index in [4.69, 9.17) is 10.00 Å². The lowest BCUT2D eigenvalue weighted by Crippen LogP contribution is -2.41. The maximum Gasteiger partial charge on any atom is 0.321 e. The van der Waals surface area contributed by atoms with Gasteiger partial charge in [0.15, 0.2) is 6.61 Å². The van der Waals surface area contributed by atoms with Crippen molar-refractivity contribution in [3.8, 4) is 6.07 Å². The largest absolute Gasteiger partial charge is 0.456 e. The Labute approximate surface area is 133 Å². The fourth-order valence-electron chi connectivity index (χ4n) is 1.58. The number of nitriles is 1. The molecule has 0 aliphatic heterocycles. The summed E-state index contributed by atoms with van der Waals surface area (Å²) in [7, 11) is 0. The minimum absolute atomic E-state index is 0.0990. The lowest BCUT2D eigenvalue weighted by atomic mass is 10.1. The zero-order valence-electron chi connectivity index (χ0n) is 12.5. The minimum Gasteiger partial charge on any atom is -0.456 e. The van der Waals surface area contributed by atoms with Gasteiger partial charge in [-0.2, -0.15) is 5.26 Å². The van der Waals surface area contributed by atoms with E-state index in [9.17, 15) is 14.4 Å². The van der Waals surface area contributed by atoms with E-state index >= 15 is 0 Å². The van der Waals surface area contributed by atoms with E-state index in [1.807, 2.05) is 11.4 Å². The van der Waals surface area contributed by atoms with Gasteiger partial charge in [-0.15, -0.1) is 6.58 Å². The molecule has 2 N–H and O–H groups in total. The van der Waals surface area contributed by atoms with Crippen LogP contribution in [0.5, 0.6) is 0 Å². The first-order valence-electron chi connectivity index (χ1n) is 6.88. The Hall–Kier alpha value is -3.14. The molecule has 0 bridgehead atoms. The van der Waals surface area contributed by atoms with Crippen LogP contribution in [0.3, 0.4) is 0 Å². The van der Waals surface area contributed by atoms with Gasteiger partial charge in [0, 0.05) is 13.0 Å². The highest BCUT2D eigenvalue weighted by Gasteiger charge is 2.10. The van der Waals surface area contributed by atoms with Crippen molar-refractivity contribution in [3.05, 3.63) is 48.0 Å². The molecule has 1 aromatic rings. The molecule has 0 fully saturated rings.